The fourth-order valence-electron chi connectivity index (χ4n) is 1.61. The van der Waals surface area contributed by atoms with E-state index in [0.29, 0.717) is 11.3 Å². The van der Waals surface area contributed by atoms with Gasteiger partial charge in [-0.15, -0.1) is 0 Å². The number of hydrogen-bond acceptors (Lipinski definition) is 2. The fraction of sp³-hybridized carbons (Fsp3) is 0.500. The van der Waals surface area contributed by atoms with Crippen LogP contribution in [0.3, 0.4) is 0 Å². The summed E-state index contributed by atoms with van der Waals surface area (Å²) in [7, 11) is 1.45. The van der Waals surface area contributed by atoms with Crippen LogP contribution in [0.1, 0.15) is 30.9 Å². The average molecular weight is 327 g/mol. The molecule has 0 radical (unpaired) electrons. The maximum Gasteiger partial charge on any atom is 0.389 e. The molecule has 1 N–H and O–H groups in total. The Morgan fingerprint density at radius 3 is 2.61 bits per heavy atom. The van der Waals surface area contributed by atoms with Gasteiger partial charge in [0.1, 0.15) is 5.75 Å². The van der Waals surface area contributed by atoms with Crippen LogP contribution < -0.4 is 4.74 Å². The van der Waals surface area contributed by atoms with Crippen molar-refractivity contribution in [2.75, 3.05) is 7.11 Å². The first-order valence-electron chi connectivity index (χ1n) is 5.42. The van der Waals surface area contributed by atoms with Crippen molar-refractivity contribution in [3.63, 3.8) is 0 Å². The lowest BCUT2D eigenvalue weighted by atomic mass is 10.0. The van der Waals surface area contributed by atoms with Gasteiger partial charge in [0.05, 0.1) is 13.2 Å². The van der Waals surface area contributed by atoms with E-state index in [1.54, 1.807) is 18.2 Å². The summed E-state index contributed by atoms with van der Waals surface area (Å²) in [5.74, 6) is 0.462. The summed E-state index contributed by atoms with van der Waals surface area (Å²) in [6.07, 6.45) is -6.07. The predicted octanol–water partition coefficient (Wildman–Crippen LogP) is 4.22. The molecule has 18 heavy (non-hydrogen) atoms. The molecule has 0 aliphatic rings. The molecule has 2 nitrogen and oxygen atoms in total. The monoisotopic (exact) mass is 326 g/mol. The third-order valence-electron chi connectivity index (χ3n) is 2.49. The second-order valence-corrected chi connectivity index (χ2v) is 4.83. The minimum atomic E-state index is -4.18. The molecule has 0 spiro atoms. The van der Waals surface area contributed by atoms with E-state index >= 15 is 0 Å². The topological polar surface area (TPSA) is 29.5 Å². The second kappa shape index (κ2) is 6.43. The van der Waals surface area contributed by atoms with Crippen molar-refractivity contribution in [2.24, 2.45) is 0 Å². The number of benzene rings is 1. The number of hydrogen-bond donors (Lipinski definition) is 1. The first-order valence-corrected chi connectivity index (χ1v) is 6.21. The van der Waals surface area contributed by atoms with Crippen LogP contribution in [0.5, 0.6) is 5.75 Å². The summed E-state index contributed by atoms with van der Waals surface area (Å²) in [6.45, 7) is 0. The van der Waals surface area contributed by atoms with Crippen LogP contribution in [-0.4, -0.2) is 18.4 Å². The van der Waals surface area contributed by atoms with Crippen LogP contribution >= 0.6 is 15.9 Å². The molecule has 0 amide bonds. The highest BCUT2D eigenvalue weighted by atomic mass is 79.9. The van der Waals surface area contributed by atoms with Gasteiger partial charge in [-0.25, -0.2) is 0 Å². The number of rotatable bonds is 5. The molecule has 1 rings (SSSR count). The highest BCUT2D eigenvalue weighted by Gasteiger charge is 2.27. The van der Waals surface area contributed by atoms with Gasteiger partial charge >= 0.3 is 6.18 Å². The van der Waals surface area contributed by atoms with Gasteiger partial charge < -0.3 is 9.84 Å². The van der Waals surface area contributed by atoms with E-state index in [4.69, 9.17) is 4.74 Å². The van der Waals surface area contributed by atoms with Gasteiger partial charge in [0.15, 0.2) is 0 Å². The number of methoxy groups -OCH3 is 1. The zero-order valence-electron chi connectivity index (χ0n) is 9.80. The van der Waals surface area contributed by atoms with Crippen molar-refractivity contribution in [3.05, 3.63) is 28.2 Å². The average Bonchev–Trinajstić information content (AvgIpc) is 2.26. The predicted molar refractivity (Wildman–Crippen MR) is 65.6 cm³/mol. The number of ether oxygens (including phenoxy) is 1. The number of aliphatic hydroxyl groups is 1. The zero-order valence-corrected chi connectivity index (χ0v) is 11.4. The highest BCUT2D eigenvalue weighted by molar-refractivity contribution is 9.10. The van der Waals surface area contributed by atoms with Crippen LogP contribution in [0.25, 0.3) is 0 Å². The molecule has 0 aromatic heterocycles. The third-order valence-corrected chi connectivity index (χ3v) is 2.99. The van der Waals surface area contributed by atoms with E-state index in [1.807, 2.05) is 0 Å². The highest BCUT2D eigenvalue weighted by Crippen LogP contribution is 2.32. The molecule has 1 aromatic rings. The normalized spacial score (nSPS) is 13.4. The minimum Gasteiger partial charge on any atom is -0.496 e. The molecule has 1 atom stereocenters. The summed E-state index contributed by atoms with van der Waals surface area (Å²) in [5.41, 5.74) is 0.503. The lowest BCUT2D eigenvalue weighted by Gasteiger charge is -2.15. The van der Waals surface area contributed by atoms with Crippen molar-refractivity contribution in [3.8, 4) is 5.75 Å². The van der Waals surface area contributed by atoms with E-state index in [-0.39, 0.29) is 12.8 Å². The number of alkyl halides is 3. The third kappa shape index (κ3) is 4.86. The van der Waals surface area contributed by atoms with Gasteiger partial charge in [0.25, 0.3) is 0 Å². The number of halogens is 4. The van der Waals surface area contributed by atoms with Crippen LogP contribution in [0.15, 0.2) is 22.7 Å². The van der Waals surface area contributed by atoms with Crippen molar-refractivity contribution in [1.82, 2.24) is 0 Å². The summed E-state index contributed by atoms with van der Waals surface area (Å²) >= 11 is 3.25. The van der Waals surface area contributed by atoms with Gasteiger partial charge in [-0.3, -0.25) is 0 Å². The fourth-order valence-corrected chi connectivity index (χ4v) is 1.95. The first kappa shape index (κ1) is 15.3. The molecule has 0 aliphatic carbocycles. The van der Waals surface area contributed by atoms with Crippen molar-refractivity contribution >= 4 is 15.9 Å². The molecule has 0 heterocycles. The van der Waals surface area contributed by atoms with Gasteiger partial charge in [-0.05, 0) is 25.0 Å². The molecule has 1 unspecified atom stereocenters. The number of aliphatic hydroxyl groups excluding tert-OH is 1. The van der Waals surface area contributed by atoms with E-state index in [0.717, 1.165) is 4.47 Å². The lowest BCUT2D eigenvalue weighted by Crippen LogP contribution is -2.08. The largest absolute Gasteiger partial charge is 0.496 e. The van der Waals surface area contributed by atoms with E-state index in [2.05, 4.69) is 15.9 Å². The van der Waals surface area contributed by atoms with Crippen molar-refractivity contribution in [1.29, 1.82) is 0 Å². The summed E-state index contributed by atoms with van der Waals surface area (Å²) in [4.78, 5) is 0. The Balaban J connectivity index is 2.64. The van der Waals surface area contributed by atoms with Crippen LogP contribution in [-0.2, 0) is 0 Å². The maximum absolute atomic E-state index is 12.0. The SMILES string of the molecule is COc1cc(Br)ccc1C(O)CCCC(F)(F)F. The van der Waals surface area contributed by atoms with Crippen molar-refractivity contribution < 1.29 is 23.0 Å². The summed E-state index contributed by atoms with van der Waals surface area (Å²) in [6, 6.07) is 5.02. The van der Waals surface area contributed by atoms with Gasteiger partial charge in [-0.1, -0.05) is 22.0 Å². The Morgan fingerprint density at radius 1 is 1.39 bits per heavy atom. The molecular weight excluding hydrogens is 313 g/mol. The molecular formula is C12H14BrF3O2. The Morgan fingerprint density at radius 2 is 2.06 bits per heavy atom. The van der Waals surface area contributed by atoms with Crippen molar-refractivity contribution in [2.45, 2.75) is 31.5 Å². The smallest absolute Gasteiger partial charge is 0.389 e. The Kier molecular flexibility index (Phi) is 5.47. The Bertz CT molecular complexity index is 393. The second-order valence-electron chi connectivity index (χ2n) is 3.91. The van der Waals surface area contributed by atoms with Crippen LogP contribution in [0, 0.1) is 0 Å². The molecule has 1 aromatic carbocycles. The Hall–Kier alpha value is -0.750. The standard InChI is InChI=1S/C12H14BrF3O2/c1-18-11-7-8(13)4-5-9(11)10(17)3-2-6-12(14,15)16/h4-5,7,10,17H,2-3,6H2,1H3. The lowest BCUT2D eigenvalue weighted by molar-refractivity contribution is -0.136. The molecule has 0 bridgehead atoms. The first-order chi connectivity index (χ1) is 8.33. The van der Waals surface area contributed by atoms with Gasteiger partial charge in [0, 0.05) is 16.5 Å². The maximum atomic E-state index is 12.0. The quantitative estimate of drug-likeness (QED) is 0.877. The van der Waals surface area contributed by atoms with Gasteiger partial charge in [0.2, 0.25) is 0 Å². The zero-order chi connectivity index (χ0) is 13.8. The van der Waals surface area contributed by atoms with Crippen LogP contribution in [0.2, 0.25) is 0 Å². The van der Waals surface area contributed by atoms with Crippen LogP contribution in [0.4, 0.5) is 13.2 Å². The van der Waals surface area contributed by atoms with E-state index in [1.165, 1.54) is 7.11 Å². The van der Waals surface area contributed by atoms with E-state index in [9.17, 15) is 18.3 Å². The van der Waals surface area contributed by atoms with E-state index < -0.39 is 18.7 Å². The molecule has 0 saturated carbocycles. The molecule has 0 fully saturated rings. The summed E-state index contributed by atoms with van der Waals surface area (Å²) < 4.78 is 41.8. The molecule has 0 aliphatic heterocycles. The summed E-state index contributed by atoms with van der Waals surface area (Å²) in [5, 5.41) is 9.86. The molecule has 0 saturated heterocycles. The minimum absolute atomic E-state index is 0.0531. The molecule has 6 heteroatoms. The Labute approximate surface area is 112 Å². The van der Waals surface area contributed by atoms with Gasteiger partial charge in [-0.2, -0.15) is 13.2 Å². The molecule has 102 valence electrons.